The minimum atomic E-state index is -0.0925. The quantitative estimate of drug-likeness (QED) is 0.781. The molecule has 28 heavy (non-hydrogen) atoms. The molecule has 1 saturated heterocycles. The number of anilines is 1. The van der Waals surface area contributed by atoms with Crippen molar-refractivity contribution in [2.45, 2.75) is 45.1 Å². The van der Waals surface area contributed by atoms with Gasteiger partial charge >= 0.3 is 0 Å². The van der Waals surface area contributed by atoms with E-state index in [0.717, 1.165) is 30.4 Å². The molecule has 5 heteroatoms. The van der Waals surface area contributed by atoms with E-state index in [4.69, 9.17) is 5.73 Å². The van der Waals surface area contributed by atoms with Crippen LogP contribution in [0, 0.1) is 6.92 Å². The van der Waals surface area contributed by atoms with E-state index in [1.54, 1.807) is 12.1 Å². The number of carbonyl (C=O) groups excluding carboxylic acids is 2. The molecule has 3 rings (SSSR count). The standard InChI is InChI=1S/C23H29N3O2/c1-3-20(17-7-5-4-6-8-17)23(28)26-13-11-19(12-14-26)25-22(27)18-9-10-21(24)16(2)15-18/h4-10,15,19-20H,3,11-14,24H2,1-2H3,(H,25,27)/t20-/m1/s1. The third-order valence-electron chi connectivity index (χ3n) is 5.58. The van der Waals surface area contributed by atoms with Crippen molar-refractivity contribution in [3.63, 3.8) is 0 Å². The van der Waals surface area contributed by atoms with Crippen LogP contribution in [0.5, 0.6) is 0 Å². The van der Waals surface area contributed by atoms with E-state index in [-0.39, 0.29) is 23.8 Å². The second-order valence-electron chi connectivity index (χ2n) is 7.52. The van der Waals surface area contributed by atoms with E-state index in [0.29, 0.717) is 24.3 Å². The molecule has 0 saturated carbocycles. The topological polar surface area (TPSA) is 75.4 Å². The van der Waals surface area contributed by atoms with Crippen molar-refractivity contribution in [2.75, 3.05) is 18.8 Å². The number of nitrogen functional groups attached to an aromatic ring is 1. The summed E-state index contributed by atoms with van der Waals surface area (Å²) in [6.45, 7) is 5.30. The van der Waals surface area contributed by atoms with Gasteiger partial charge in [0.25, 0.3) is 5.91 Å². The van der Waals surface area contributed by atoms with Crippen LogP contribution in [-0.2, 0) is 4.79 Å². The number of aryl methyl sites for hydroxylation is 1. The van der Waals surface area contributed by atoms with Crippen LogP contribution in [0.2, 0.25) is 0 Å². The summed E-state index contributed by atoms with van der Waals surface area (Å²) >= 11 is 0. The Kier molecular flexibility index (Phi) is 6.34. The highest BCUT2D eigenvalue weighted by atomic mass is 16.2. The van der Waals surface area contributed by atoms with Gasteiger partial charge in [0.15, 0.2) is 0 Å². The normalized spacial score (nSPS) is 15.9. The van der Waals surface area contributed by atoms with Gasteiger partial charge in [0.2, 0.25) is 5.91 Å². The maximum Gasteiger partial charge on any atom is 0.251 e. The SMILES string of the molecule is CC[C@@H](C(=O)N1CCC(NC(=O)c2ccc(N)c(C)c2)CC1)c1ccccc1. The molecule has 1 fully saturated rings. The van der Waals surface area contributed by atoms with Gasteiger partial charge < -0.3 is 16.0 Å². The van der Waals surface area contributed by atoms with Crippen LogP contribution < -0.4 is 11.1 Å². The first-order chi connectivity index (χ1) is 13.5. The maximum absolute atomic E-state index is 13.0. The summed E-state index contributed by atoms with van der Waals surface area (Å²) in [6, 6.07) is 15.4. The summed E-state index contributed by atoms with van der Waals surface area (Å²) in [5, 5.41) is 3.10. The molecule has 2 aromatic carbocycles. The number of nitrogens with two attached hydrogens (primary N) is 1. The van der Waals surface area contributed by atoms with E-state index < -0.39 is 0 Å². The first-order valence-electron chi connectivity index (χ1n) is 10.00. The fourth-order valence-electron chi connectivity index (χ4n) is 3.79. The summed E-state index contributed by atoms with van der Waals surface area (Å²) in [6.07, 6.45) is 2.34. The summed E-state index contributed by atoms with van der Waals surface area (Å²) in [5.41, 5.74) is 9.11. The Morgan fingerprint density at radius 3 is 2.43 bits per heavy atom. The number of hydrogen-bond acceptors (Lipinski definition) is 3. The lowest BCUT2D eigenvalue weighted by molar-refractivity contribution is -0.134. The monoisotopic (exact) mass is 379 g/mol. The number of carbonyl (C=O) groups is 2. The number of nitrogens with one attached hydrogen (secondary N) is 1. The van der Waals surface area contributed by atoms with Crippen LogP contribution in [0.15, 0.2) is 48.5 Å². The van der Waals surface area contributed by atoms with Crippen molar-refractivity contribution in [1.82, 2.24) is 10.2 Å². The summed E-state index contributed by atoms with van der Waals surface area (Å²) in [5.74, 6) is 0.0151. The van der Waals surface area contributed by atoms with Crippen molar-refractivity contribution in [1.29, 1.82) is 0 Å². The zero-order chi connectivity index (χ0) is 20.1. The molecule has 2 aromatic rings. The van der Waals surface area contributed by atoms with Gasteiger partial charge in [-0.2, -0.15) is 0 Å². The second kappa shape index (κ2) is 8.91. The Morgan fingerprint density at radius 2 is 1.82 bits per heavy atom. The van der Waals surface area contributed by atoms with Gasteiger partial charge in [0.1, 0.15) is 0 Å². The zero-order valence-corrected chi connectivity index (χ0v) is 16.7. The molecule has 0 spiro atoms. The number of rotatable bonds is 5. The van der Waals surface area contributed by atoms with Gasteiger partial charge in [0.05, 0.1) is 5.92 Å². The minimum absolute atomic E-state index is 0.0800. The molecule has 0 unspecified atom stereocenters. The first-order valence-corrected chi connectivity index (χ1v) is 10.00. The largest absolute Gasteiger partial charge is 0.399 e. The average molecular weight is 380 g/mol. The van der Waals surface area contributed by atoms with Crippen LogP contribution in [0.4, 0.5) is 5.69 Å². The van der Waals surface area contributed by atoms with Gasteiger partial charge in [-0.1, -0.05) is 37.3 Å². The van der Waals surface area contributed by atoms with Gasteiger partial charge in [-0.15, -0.1) is 0 Å². The summed E-state index contributed by atoms with van der Waals surface area (Å²) in [7, 11) is 0. The Balaban J connectivity index is 1.55. The molecule has 0 aliphatic carbocycles. The Morgan fingerprint density at radius 1 is 1.14 bits per heavy atom. The van der Waals surface area contributed by atoms with Gasteiger partial charge in [0, 0.05) is 30.4 Å². The van der Waals surface area contributed by atoms with E-state index in [1.165, 1.54) is 0 Å². The molecule has 1 heterocycles. The van der Waals surface area contributed by atoms with Crippen molar-refractivity contribution in [3.05, 3.63) is 65.2 Å². The predicted molar refractivity (Wildman–Crippen MR) is 112 cm³/mol. The third kappa shape index (κ3) is 4.53. The molecule has 2 amide bonds. The van der Waals surface area contributed by atoms with Gasteiger partial charge in [-0.3, -0.25) is 9.59 Å². The highest BCUT2D eigenvalue weighted by Crippen LogP contribution is 2.24. The average Bonchev–Trinajstić information content (AvgIpc) is 2.72. The first kappa shape index (κ1) is 19.9. The Hall–Kier alpha value is -2.82. The van der Waals surface area contributed by atoms with Gasteiger partial charge in [-0.05, 0) is 55.5 Å². The Bertz CT molecular complexity index is 827. The van der Waals surface area contributed by atoms with Crippen molar-refractivity contribution < 1.29 is 9.59 Å². The maximum atomic E-state index is 13.0. The number of benzene rings is 2. The molecule has 0 bridgehead atoms. The molecule has 0 radical (unpaired) electrons. The third-order valence-corrected chi connectivity index (χ3v) is 5.58. The minimum Gasteiger partial charge on any atom is -0.399 e. The second-order valence-corrected chi connectivity index (χ2v) is 7.52. The zero-order valence-electron chi connectivity index (χ0n) is 16.7. The number of likely N-dealkylation sites (tertiary alicyclic amines) is 1. The highest BCUT2D eigenvalue weighted by molar-refractivity contribution is 5.95. The predicted octanol–water partition coefficient (Wildman–Crippen LogP) is 3.49. The fraction of sp³-hybridized carbons (Fsp3) is 0.391. The molecule has 0 aromatic heterocycles. The van der Waals surface area contributed by atoms with E-state index in [1.807, 2.05) is 48.2 Å². The number of hydrogen-bond donors (Lipinski definition) is 2. The number of nitrogens with zero attached hydrogens (tertiary/aromatic N) is 1. The molecular weight excluding hydrogens is 350 g/mol. The molecule has 1 aliphatic rings. The van der Waals surface area contributed by atoms with Crippen LogP contribution >= 0.6 is 0 Å². The molecule has 1 aliphatic heterocycles. The molecular formula is C23H29N3O2. The highest BCUT2D eigenvalue weighted by Gasteiger charge is 2.28. The smallest absolute Gasteiger partial charge is 0.251 e. The van der Waals surface area contributed by atoms with E-state index in [2.05, 4.69) is 12.2 Å². The van der Waals surface area contributed by atoms with Crippen LogP contribution in [-0.4, -0.2) is 35.8 Å². The molecule has 3 N–H and O–H groups in total. The number of piperidine rings is 1. The van der Waals surface area contributed by atoms with E-state index >= 15 is 0 Å². The van der Waals surface area contributed by atoms with Crippen LogP contribution in [0.1, 0.15) is 53.6 Å². The molecule has 148 valence electrons. The lowest BCUT2D eigenvalue weighted by atomic mass is 9.93. The number of amides is 2. The van der Waals surface area contributed by atoms with E-state index in [9.17, 15) is 9.59 Å². The Labute approximate surface area is 166 Å². The lowest BCUT2D eigenvalue weighted by Crippen LogP contribution is -2.47. The molecule has 1 atom stereocenters. The lowest BCUT2D eigenvalue weighted by Gasteiger charge is -2.34. The van der Waals surface area contributed by atoms with Gasteiger partial charge in [-0.25, -0.2) is 0 Å². The van der Waals surface area contributed by atoms with Crippen molar-refractivity contribution in [3.8, 4) is 0 Å². The fourth-order valence-corrected chi connectivity index (χ4v) is 3.79. The van der Waals surface area contributed by atoms with Crippen molar-refractivity contribution >= 4 is 17.5 Å². The van der Waals surface area contributed by atoms with Crippen LogP contribution in [0.25, 0.3) is 0 Å². The van der Waals surface area contributed by atoms with Crippen LogP contribution in [0.3, 0.4) is 0 Å². The summed E-state index contributed by atoms with van der Waals surface area (Å²) in [4.78, 5) is 27.4. The molecule has 5 nitrogen and oxygen atoms in total. The van der Waals surface area contributed by atoms with Crippen molar-refractivity contribution in [2.24, 2.45) is 0 Å². The summed E-state index contributed by atoms with van der Waals surface area (Å²) < 4.78 is 0.